The van der Waals surface area contributed by atoms with Crippen molar-refractivity contribution in [1.82, 2.24) is 0 Å². The highest BCUT2D eigenvalue weighted by atomic mass is 32.2. The zero-order chi connectivity index (χ0) is 7.68. The number of rotatable bonds is 0. The number of hydrogen-bond acceptors (Lipinski definition) is 3. The summed E-state index contributed by atoms with van der Waals surface area (Å²) in [6.07, 6.45) is 9.61. The Bertz CT molecular complexity index is 286. The summed E-state index contributed by atoms with van der Waals surface area (Å²) in [5.41, 5.74) is 6.85. The lowest BCUT2D eigenvalue weighted by atomic mass is 10.2. The number of fused-ring (bicyclic) bond motifs is 1. The lowest BCUT2D eigenvalue weighted by Crippen LogP contribution is -2.07. The van der Waals surface area contributed by atoms with Crippen molar-refractivity contribution in [1.29, 1.82) is 0 Å². The molecule has 2 heterocycles. The molecule has 0 fully saturated rings. The van der Waals surface area contributed by atoms with Crippen molar-refractivity contribution < 1.29 is 0 Å². The number of aliphatic imine (C=N–C) groups is 1. The summed E-state index contributed by atoms with van der Waals surface area (Å²) in [6.45, 7) is 0. The molecule has 1 unspecified atom stereocenters. The molecule has 2 rings (SSSR count). The van der Waals surface area contributed by atoms with Crippen LogP contribution < -0.4 is 5.73 Å². The fraction of sp³-hybridized carbons (Fsp3) is 0.125. The summed E-state index contributed by atoms with van der Waals surface area (Å²) in [4.78, 5) is 5.27. The Morgan fingerprint density at radius 2 is 2.45 bits per heavy atom. The zero-order valence-electron chi connectivity index (χ0n) is 5.90. The van der Waals surface area contributed by atoms with Crippen LogP contribution in [0.15, 0.2) is 39.9 Å². The Morgan fingerprint density at radius 3 is 3.36 bits per heavy atom. The van der Waals surface area contributed by atoms with Gasteiger partial charge in [-0.05, 0) is 18.2 Å². The van der Waals surface area contributed by atoms with Crippen LogP contribution in [0.25, 0.3) is 0 Å². The van der Waals surface area contributed by atoms with E-state index >= 15 is 0 Å². The van der Waals surface area contributed by atoms with Gasteiger partial charge in [-0.2, -0.15) is 0 Å². The van der Waals surface area contributed by atoms with Crippen LogP contribution in [0, 0.1) is 0 Å². The average molecular weight is 164 g/mol. The molecule has 0 bridgehead atoms. The Hall–Kier alpha value is -0.800. The highest BCUT2D eigenvalue weighted by Gasteiger charge is 2.16. The van der Waals surface area contributed by atoms with E-state index in [0.717, 1.165) is 5.57 Å². The molecule has 0 saturated carbocycles. The molecule has 0 aromatic carbocycles. The molecule has 11 heavy (non-hydrogen) atoms. The predicted octanol–water partition coefficient (Wildman–Crippen LogP) is 1.43. The maximum absolute atomic E-state index is 5.71. The molecule has 3 heteroatoms. The fourth-order valence-electron chi connectivity index (χ4n) is 1.05. The number of nitrogens with two attached hydrogens (primary N) is 1. The topological polar surface area (TPSA) is 38.4 Å². The van der Waals surface area contributed by atoms with Crippen molar-refractivity contribution in [2.75, 3.05) is 0 Å². The van der Waals surface area contributed by atoms with Crippen LogP contribution in [0.1, 0.15) is 0 Å². The quantitative estimate of drug-likeness (QED) is 0.588. The van der Waals surface area contributed by atoms with Crippen molar-refractivity contribution in [3.8, 4) is 0 Å². The van der Waals surface area contributed by atoms with E-state index in [1.54, 1.807) is 18.0 Å². The molecular formula is C8H8N2S. The van der Waals surface area contributed by atoms with E-state index in [9.17, 15) is 0 Å². The van der Waals surface area contributed by atoms with E-state index in [2.05, 4.69) is 4.99 Å². The van der Waals surface area contributed by atoms with Gasteiger partial charge in [0.15, 0.2) is 0 Å². The highest BCUT2D eigenvalue weighted by Crippen LogP contribution is 2.33. The number of thioether (sulfide) groups is 1. The van der Waals surface area contributed by atoms with E-state index in [0.29, 0.717) is 0 Å². The lowest BCUT2D eigenvalue weighted by molar-refractivity contribution is 1.18. The van der Waals surface area contributed by atoms with Crippen molar-refractivity contribution in [3.05, 3.63) is 34.9 Å². The first-order chi connectivity index (χ1) is 5.36. The van der Waals surface area contributed by atoms with E-state index in [4.69, 9.17) is 5.73 Å². The van der Waals surface area contributed by atoms with Crippen LogP contribution in [-0.2, 0) is 0 Å². The van der Waals surface area contributed by atoms with Crippen LogP contribution in [0.5, 0.6) is 0 Å². The Labute approximate surface area is 69.6 Å². The Kier molecular flexibility index (Phi) is 1.68. The second kappa shape index (κ2) is 2.68. The second-order valence-electron chi connectivity index (χ2n) is 2.36. The van der Waals surface area contributed by atoms with Gasteiger partial charge in [-0.3, -0.25) is 4.99 Å². The van der Waals surface area contributed by atoms with Crippen LogP contribution in [0.4, 0.5) is 0 Å². The molecule has 2 nitrogen and oxygen atoms in total. The first-order valence-corrected chi connectivity index (χ1v) is 4.29. The van der Waals surface area contributed by atoms with Gasteiger partial charge in [0, 0.05) is 22.9 Å². The third-order valence-electron chi connectivity index (χ3n) is 1.52. The minimum Gasteiger partial charge on any atom is -0.316 e. The van der Waals surface area contributed by atoms with Crippen molar-refractivity contribution in [2.24, 2.45) is 10.7 Å². The Morgan fingerprint density at radius 1 is 1.55 bits per heavy atom. The maximum Gasteiger partial charge on any atom is 0.0750 e. The van der Waals surface area contributed by atoms with Crippen LogP contribution in [-0.4, -0.2) is 11.6 Å². The molecular weight excluding hydrogens is 156 g/mol. The monoisotopic (exact) mass is 164 g/mol. The van der Waals surface area contributed by atoms with Gasteiger partial charge in [-0.15, -0.1) is 11.8 Å². The van der Waals surface area contributed by atoms with Gasteiger partial charge in [-0.1, -0.05) is 0 Å². The van der Waals surface area contributed by atoms with Gasteiger partial charge >= 0.3 is 0 Å². The lowest BCUT2D eigenvalue weighted by Gasteiger charge is -1.96. The van der Waals surface area contributed by atoms with E-state index < -0.39 is 0 Å². The number of nitrogens with zero attached hydrogens (tertiary/aromatic N) is 1. The third kappa shape index (κ3) is 1.29. The third-order valence-corrected chi connectivity index (χ3v) is 2.56. The van der Waals surface area contributed by atoms with Crippen LogP contribution in [0.2, 0.25) is 0 Å². The normalized spacial score (nSPS) is 27.5. The molecule has 0 aromatic rings. The smallest absolute Gasteiger partial charge is 0.0750 e. The zero-order valence-corrected chi connectivity index (χ0v) is 6.71. The van der Waals surface area contributed by atoms with Gasteiger partial charge in [0.25, 0.3) is 0 Å². The van der Waals surface area contributed by atoms with Crippen molar-refractivity contribution in [2.45, 2.75) is 5.37 Å². The first kappa shape index (κ1) is 6.88. The first-order valence-electron chi connectivity index (χ1n) is 3.41. The molecule has 2 aliphatic heterocycles. The van der Waals surface area contributed by atoms with E-state index in [1.165, 1.54) is 4.91 Å². The minimum atomic E-state index is 0.106. The molecule has 2 N–H and O–H groups in total. The Balaban J connectivity index is 2.39. The molecule has 0 radical (unpaired) electrons. The average Bonchev–Trinajstić information content (AvgIpc) is 2.17. The standard InChI is InChI=1S/C8H8N2S/c9-8-4-6-5-10-3-1-2-7(6)11-8/h1-5,8H,9H2. The molecule has 1 atom stereocenters. The van der Waals surface area contributed by atoms with Crippen LogP contribution in [0.3, 0.4) is 0 Å². The molecule has 0 amide bonds. The minimum absolute atomic E-state index is 0.106. The summed E-state index contributed by atoms with van der Waals surface area (Å²) in [5, 5.41) is 0.106. The number of hydrogen-bond donors (Lipinski definition) is 1. The summed E-state index contributed by atoms with van der Waals surface area (Å²) >= 11 is 1.67. The molecule has 0 aromatic heterocycles. The van der Waals surface area contributed by atoms with Gasteiger partial charge in [0.05, 0.1) is 5.37 Å². The SMILES string of the molecule is NC1C=C2C=NC=CC=C2S1. The van der Waals surface area contributed by atoms with Crippen molar-refractivity contribution in [3.63, 3.8) is 0 Å². The number of allylic oxidation sites excluding steroid dienone is 3. The molecule has 0 aliphatic carbocycles. The van der Waals surface area contributed by atoms with E-state index in [1.807, 2.05) is 24.4 Å². The van der Waals surface area contributed by atoms with Gasteiger partial charge < -0.3 is 5.73 Å². The highest BCUT2D eigenvalue weighted by molar-refractivity contribution is 8.04. The van der Waals surface area contributed by atoms with Gasteiger partial charge in [-0.25, -0.2) is 0 Å². The summed E-state index contributed by atoms with van der Waals surface area (Å²) in [6, 6.07) is 0. The largest absolute Gasteiger partial charge is 0.316 e. The molecule has 56 valence electrons. The van der Waals surface area contributed by atoms with Crippen LogP contribution >= 0.6 is 11.8 Å². The van der Waals surface area contributed by atoms with E-state index in [-0.39, 0.29) is 5.37 Å². The summed E-state index contributed by atoms with van der Waals surface area (Å²) in [7, 11) is 0. The second-order valence-corrected chi connectivity index (χ2v) is 3.57. The van der Waals surface area contributed by atoms with Crippen molar-refractivity contribution >= 4 is 18.0 Å². The maximum atomic E-state index is 5.71. The summed E-state index contributed by atoms with van der Waals surface area (Å²) in [5.74, 6) is 0. The molecule has 0 saturated heterocycles. The molecule has 2 aliphatic rings. The molecule has 0 spiro atoms. The predicted molar refractivity (Wildman–Crippen MR) is 49.4 cm³/mol. The van der Waals surface area contributed by atoms with Gasteiger partial charge in [0.2, 0.25) is 0 Å². The van der Waals surface area contributed by atoms with Gasteiger partial charge in [0.1, 0.15) is 0 Å². The fourth-order valence-corrected chi connectivity index (χ4v) is 1.98. The summed E-state index contributed by atoms with van der Waals surface area (Å²) < 4.78 is 0.